The molecule has 1 N–H and O–H groups in total. The molecule has 0 aromatic heterocycles. The number of benzene rings is 2. The molecule has 2 aliphatic heterocycles. The Hall–Kier alpha value is -3.39. The summed E-state index contributed by atoms with van der Waals surface area (Å²) in [7, 11) is 3.82. The lowest BCUT2D eigenvalue weighted by Crippen LogP contribution is -2.42. The van der Waals surface area contributed by atoms with Crippen molar-refractivity contribution in [3.05, 3.63) is 59.2 Å². The Morgan fingerprint density at radius 2 is 1.72 bits per heavy atom. The van der Waals surface area contributed by atoms with Gasteiger partial charge >= 0.3 is 0 Å². The van der Waals surface area contributed by atoms with E-state index in [4.69, 9.17) is 9.47 Å². The van der Waals surface area contributed by atoms with Crippen LogP contribution >= 0.6 is 0 Å². The van der Waals surface area contributed by atoms with E-state index in [1.807, 2.05) is 37.2 Å². The smallest absolute Gasteiger partial charge is 0.262 e. The highest BCUT2D eigenvalue weighted by Gasteiger charge is 2.36. The fraction of sp³-hybridized carbons (Fsp3) is 0.286. The molecule has 4 rings (SSSR count). The zero-order valence-corrected chi connectivity index (χ0v) is 16.2. The molecule has 0 bridgehead atoms. The van der Waals surface area contributed by atoms with Crippen molar-refractivity contribution in [2.45, 2.75) is 6.04 Å². The molecule has 0 radical (unpaired) electrons. The Bertz CT molecular complexity index is 953. The molecule has 0 saturated carbocycles. The van der Waals surface area contributed by atoms with E-state index >= 15 is 0 Å². The van der Waals surface area contributed by atoms with Gasteiger partial charge in [-0.05, 0) is 43.9 Å². The van der Waals surface area contributed by atoms with Crippen molar-refractivity contribution in [3.8, 4) is 11.5 Å². The number of carbonyl (C=O) groups is 3. The monoisotopic (exact) mass is 395 g/mol. The summed E-state index contributed by atoms with van der Waals surface area (Å²) >= 11 is 0. The van der Waals surface area contributed by atoms with Gasteiger partial charge in [0.2, 0.25) is 12.7 Å². The Balaban J connectivity index is 1.41. The summed E-state index contributed by atoms with van der Waals surface area (Å²) in [6.45, 7) is 0.199. The third-order valence-electron chi connectivity index (χ3n) is 5.08. The highest BCUT2D eigenvalue weighted by Crippen LogP contribution is 2.35. The van der Waals surface area contributed by atoms with Crippen LogP contribution in [0, 0.1) is 0 Å². The molecule has 8 nitrogen and oxygen atoms in total. The number of likely N-dealkylation sites (N-methyl/N-ethyl adjacent to an activating group) is 1. The van der Waals surface area contributed by atoms with Gasteiger partial charge in [0.25, 0.3) is 11.8 Å². The minimum absolute atomic E-state index is 0.115. The van der Waals surface area contributed by atoms with Crippen LogP contribution in [0.3, 0.4) is 0 Å². The van der Waals surface area contributed by atoms with Crippen molar-refractivity contribution in [2.75, 3.05) is 34.0 Å². The molecule has 2 aromatic carbocycles. The summed E-state index contributed by atoms with van der Waals surface area (Å²) < 4.78 is 10.8. The SMILES string of the molecule is CN(C)C(CNC(=O)CN1C(=O)c2ccccc2C1=O)c1ccc2c(c1)OCO2. The number of fused-ring (bicyclic) bond motifs is 2. The zero-order valence-electron chi connectivity index (χ0n) is 16.2. The predicted octanol–water partition coefficient (Wildman–Crippen LogP) is 1.43. The van der Waals surface area contributed by atoms with Gasteiger partial charge in [0, 0.05) is 6.54 Å². The van der Waals surface area contributed by atoms with Gasteiger partial charge in [-0.25, -0.2) is 0 Å². The molecule has 2 heterocycles. The second-order valence-electron chi connectivity index (χ2n) is 7.14. The highest BCUT2D eigenvalue weighted by molar-refractivity contribution is 6.22. The van der Waals surface area contributed by atoms with Gasteiger partial charge in [-0.15, -0.1) is 0 Å². The number of hydrogen-bond donors (Lipinski definition) is 1. The van der Waals surface area contributed by atoms with Crippen LogP contribution in [0.5, 0.6) is 11.5 Å². The fourth-order valence-corrected chi connectivity index (χ4v) is 3.51. The standard InChI is InChI=1S/C21H21N3O5/c1-23(2)16(13-7-8-17-18(9-13)29-12-28-17)10-22-19(25)11-24-20(26)14-5-3-4-6-15(14)21(24)27/h3-9,16H,10-12H2,1-2H3,(H,22,25). The minimum atomic E-state index is -0.444. The molecule has 2 aromatic rings. The van der Waals surface area contributed by atoms with Crippen LogP contribution in [-0.2, 0) is 4.79 Å². The van der Waals surface area contributed by atoms with Crippen molar-refractivity contribution in [1.29, 1.82) is 0 Å². The average Bonchev–Trinajstić information content (AvgIpc) is 3.27. The molecule has 150 valence electrons. The largest absolute Gasteiger partial charge is 0.454 e. The molecular weight excluding hydrogens is 374 g/mol. The zero-order chi connectivity index (χ0) is 20.5. The van der Waals surface area contributed by atoms with E-state index < -0.39 is 17.7 Å². The van der Waals surface area contributed by atoms with Gasteiger partial charge in [-0.1, -0.05) is 18.2 Å². The molecule has 0 aliphatic carbocycles. The first-order chi connectivity index (χ1) is 14.0. The lowest BCUT2D eigenvalue weighted by Gasteiger charge is -2.25. The number of hydrogen-bond acceptors (Lipinski definition) is 6. The second kappa shape index (κ2) is 7.56. The van der Waals surface area contributed by atoms with Crippen LogP contribution in [0.1, 0.15) is 32.3 Å². The molecule has 2 aliphatic rings. The Kier molecular flexibility index (Phi) is 4.94. The first-order valence-electron chi connectivity index (χ1n) is 9.23. The number of amides is 3. The van der Waals surface area contributed by atoms with E-state index in [2.05, 4.69) is 5.32 Å². The highest BCUT2D eigenvalue weighted by atomic mass is 16.7. The number of imide groups is 1. The van der Waals surface area contributed by atoms with Gasteiger partial charge in [-0.2, -0.15) is 0 Å². The van der Waals surface area contributed by atoms with Crippen LogP contribution in [0.25, 0.3) is 0 Å². The van der Waals surface area contributed by atoms with E-state index in [0.29, 0.717) is 29.2 Å². The number of nitrogens with one attached hydrogen (secondary N) is 1. The van der Waals surface area contributed by atoms with Crippen LogP contribution in [0.2, 0.25) is 0 Å². The van der Waals surface area contributed by atoms with Crippen molar-refractivity contribution in [3.63, 3.8) is 0 Å². The van der Waals surface area contributed by atoms with Gasteiger partial charge in [0.05, 0.1) is 17.2 Å². The van der Waals surface area contributed by atoms with E-state index in [0.717, 1.165) is 10.5 Å². The Labute approximate surface area is 168 Å². The van der Waals surface area contributed by atoms with Crippen molar-refractivity contribution < 1.29 is 23.9 Å². The van der Waals surface area contributed by atoms with E-state index in [1.165, 1.54) is 0 Å². The first-order valence-corrected chi connectivity index (χ1v) is 9.23. The van der Waals surface area contributed by atoms with E-state index in [-0.39, 0.29) is 19.4 Å². The molecule has 0 fully saturated rings. The second-order valence-corrected chi connectivity index (χ2v) is 7.14. The summed E-state index contributed by atoms with van der Waals surface area (Å²) in [6.07, 6.45) is 0. The van der Waals surface area contributed by atoms with Crippen LogP contribution in [0.15, 0.2) is 42.5 Å². The summed E-state index contributed by atoms with van der Waals surface area (Å²) in [5, 5.41) is 2.83. The van der Waals surface area contributed by atoms with E-state index in [1.54, 1.807) is 24.3 Å². The average molecular weight is 395 g/mol. The third-order valence-corrected chi connectivity index (χ3v) is 5.08. The molecule has 0 spiro atoms. The number of nitrogens with zero attached hydrogens (tertiary/aromatic N) is 2. The normalized spacial score (nSPS) is 15.6. The molecule has 0 saturated heterocycles. The molecular formula is C21H21N3O5. The lowest BCUT2D eigenvalue weighted by atomic mass is 10.1. The van der Waals surface area contributed by atoms with Gasteiger partial charge in [0.1, 0.15) is 6.54 Å². The fourth-order valence-electron chi connectivity index (χ4n) is 3.51. The summed E-state index contributed by atoms with van der Waals surface area (Å²) in [5.41, 5.74) is 1.62. The number of carbonyl (C=O) groups excluding carboxylic acids is 3. The maximum Gasteiger partial charge on any atom is 0.262 e. The molecule has 29 heavy (non-hydrogen) atoms. The van der Waals surface area contributed by atoms with Crippen LogP contribution < -0.4 is 14.8 Å². The van der Waals surface area contributed by atoms with Crippen molar-refractivity contribution >= 4 is 17.7 Å². The quantitative estimate of drug-likeness (QED) is 0.745. The summed E-state index contributed by atoms with van der Waals surface area (Å²) in [4.78, 5) is 40.2. The first kappa shape index (κ1) is 18.9. The maximum absolute atomic E-state index is 12.5. The molecule has 3 amide bonds. The van der Waals surface area contributed by atoms with Crippen LogP contribution in [-0.4, -0.2) is 61.5 Å². The van der Waals surface area contributed by atoms with Gasteiger partial charge in [0.15, 0.2) is 11.5 Å². The van der Waals surface area contributed by atoms with Crippen molar-refractivity contribution in [1.82, 2.24) is 15.1 Å². The number of ether oxygens (including phenoxy) is 2. The lowest BCUT2D eigenvalue weighted by molar-refractivity contribution is -0.121. The minimum Gasteiger partial charge on any atom is -0.454 e. The maximum atomic E-state index is 12.5. The third kappa shape index (κ3) is 3.54. The Morgan fingerprint density at radius 1 is 1.07 bits per heavy atom. The van der Waals surface area contributed by atoms with Crippen LogP contribution in [0.4, 0.5) is 0 Å². The van der Waals surface area contributed by atoms with Crippen molar-refractivity contribution in [2.24, 2.45) is 0 Å². The molecule has 8 heteroatoms. The molecule has 1 unspecified atom stereocenters. The topological polar surface area (TPSA) is 88.2 Å². The Morgan fingerprint density at radius 3 is 2.38 bits per heavy atom. The summed E-state index contributed by atoms with van der Waals surface area (Å²) in [6, 6.07) is 12.1. The van der Waals surface area contributed by atoms with E-state index in [9.17, 15) is 14.4 Å². The summed E-state index contributed by atoms with van der Waals surface area (Å²) in [5.74, 6) is 0.0843. The van der Waals surface area contributed by atoms with Gasteiger partial charge < -0.3 is 19.7 Å². The van der Waals surface area contributed by atoms with Gasteiger partial charge in [-0.3, -0.25) is 19.3 Å². The predicted molar refractivity (Wildman–Crippen MR) is 104 cm³/mol. The number of rotatable bonds is 6. The molecule has 1 atom stereocenters.